The number of hydrogen-bond acceptors (Lipinski definition) is 4. The van der Waals surface area contributed by atoms with E-state index in [2.05, 4.69) is 0 Å². The van der Waals surface area contributed by atoms with Gasteiger partial charge in [0, 0.05) is 32.1 Å². The number of likely N-dealkylation sites (tertiary alicyclic amines) is 1. The molecule has 2 amide bonds. The van der Waals surface area contributed by atoms with Crippen LogP contribution >= 0.6 is 0 Å². The van der Waals surface area contributed by atoms with E-state index in [4.69, 9.17) is 4.74 Å². The minimum atomic E-state index is -0.322. The second-order valence-corrected chi connectivity index (χ2v) is 7.38. The summed E-state index contributed by atoms with van der Waals surface area (Å²) in [6.45, 7) is 3.98. The van der Waals surface area contributed by atoms with Gasteiger partial charge in [-0.25, -0.2) is 0 Å². The lowest BCUT2D eigenvalue weighted by molar-refractivity contribution is -0.157. The minimum absolute atomic E-state index is 0.184. The number of esters is 1. The van der Waals surface area contributed by atoms with Crippen LogP contribution in [0.15, 0.2) is 30.3 Å². The Balaban J connectivity index is 1.41. The van der Waals surface area contributed by atoms with E-state index in [9.17, 15) is 14.4 Å². The number of ether oxygens (including phenoxy) is 1. The number of carbonyl (C=O) groups is 3. The zero-order valence-corrected chi connectivity index (χ0v) is 15.9. The van der Waals surface area contributed by atoms with E-state index in [0.717, 1.165) is 18.4 Å². The smallest absolute Gasteiger partial charge is 0.309 e. The first-order valence-electron chi connectivity index (χ1n) is 9.85. The first-order valence-corrected chi connectivity index (χ1v) is 9.85. The van der Waals surface area contributed by atoms with Gasteiger partial charge in [0.05, 0.1) is 5.92 Å². The molecule has 0 aromatic heterocycles. The quantitative estimate of drug-likeness (QED) is 0.689. The molecule has 3 rings (SSSR count). The third-order valence-corrected chi connectivity index (χ3v) is 5.36. The van der Waals surface area contributed by atoms with Crippen LogP contribution in [0.25, 0.3) is 0 Å². The summed E-state index contributed by atoms with van der Waals surface area (Å²) in [6.07, 6.45) is 3.24. The highest BCUT2D eigenvalue weighted by molar-refractivity contribution is 5.82. The van der Waals surface area contributed by atoms with E-state index in [1.165, 1.54) is 0 Å². The molecule has 1 aliphatic carbocycles. The van der Waals surface area contributed by atoms with Gasteiger partial charge in [0.2, 0.25) is 5.91 Å². The van der Waals surface area contributed by atoms with Crippen molar-refractivity contribution in [3.8, 4) is 0 Å². The number of amides is 2. The van der Waals surface area contributed by atoms with Crippen molar-refractivity contribution in [3.63, 3.8) is 0 Å². The topological polar surface area (TPSA) is 66.9 Å². The Morgan fingerprint density at radius 2 is 1.70 bits per heavy atom. The maximum Gasteiger partial charge on any atom is 0.309 e. The first kappa shape index (κ1) is 19.4. The highest BCUT2D eigenvalue weighted by Crippen LogP contribution is 2.32. The molecule has 0 bridgehead atoms. The summed E-state index contributed by atoms with van der Waals surface area (Å²) in [4.78, 5) is 40.3. The Morgan fingerprint density at radius 1 is 1.04 bits per heavy atom. The van der Waals surface area contributed by atoms with Crippen LogP contribution in [0.2, 0.25) is 0 Å². The number of hydrogen-bond donors (Lipinski definition) is 0. The lowest BCUT2D eigenvalue weighted by atomic mass is 9.97. The summed E-state index contributed by atoms with van der Waals surface area (Å²) < 4.78 is 5.29. The van der Waals surface area contributed by atoms with Gasteiger partial charge in [-0.05, 0) is 38.2 Å². The van der Waals surface area contributed by atoms with Crippen LogP contribution in [0.4, 0.5) is 0 Å². The normalized spacial score (nSPS) is 17.4. The van der Waals surface area contributed by atoms with Crippen molar-refractivity contribution in [1.29, 1.82) is 0 Å². The molecule has 0 atom stereocenters. The molecule has 1 heterocycles. The number of benzene rings is 1. The zero-order valence-electron chi connectivity index (χ0n) is 15.9. The Kier molecular flexibility index (Phi) is 6.48. The van der Waals surface area contributed by atoms with Crippen LogP contribution in [-0.4, -0.2) is 53.8 Å². The third kappa shape index (κ3) is 5.31. The maximum atomic E-state index is 12.4. The van der Waals surface area contributed by atoms with Crippen molar-refractivity contribution in [3.05, 3.63) is 35.9 Å². The summed E-state index contributed by atoms with van der Waals surface area (Å²) in [5.41, 5.74) is 1.05. The van der Waals surface area contributed by atoms with E-state index >= 15 is 0 Å². The second kappa shape index (κ2) is 9.02. The van der Waals surface area contributed by atoms with E-state index in [0.29, 0.717) is 39.0 Å². The van der Waals surface area contributed by atoms with Crippen LogP contribution in [0.1, 0.15) is 38.2 Å². The Labute approximate surface area is 160 Å². The van der Waals surface area contributed by atoms with Crippen LogP contribution in [0, 0.1) is 11.8 Å². The molecule has 1 saturated heterocycles. The number of piperidine rings is 1. The van der Waals surface area contributed by atoms with Crippen LogP contribution in [0.5, 0.6) is 0 Å². The molecule has 0 radical (unpaired) electrons. The molecule has 0 spiro atoms. The molecule has 146 valence electrons. The largest absolute Gasteiger partial charge is 0.455 e. The van der Waals surface area contributed by atoms with E-state index in [-0.39, 0.29) is 36.2 Å². The molecule has 1 aromatic carbocycles. The predicted molar refractivity (Wildman–Crippen MR) is 101 cm³/mol. The van der Waals surface area contributed by atoms with Crippen LogP contribution in [-0.2, 0) is 25.7 Å². The Hall–Kier alpha value is -2.37. The maximum absolute atomic E-state index is 12.4. The van der Waals surface area contributed by atoms with Gasteiger partial charge in [-0.1, -0.05) is 30.3 Å². The lowest BCUT2D eigenvalue weighted by Gasteiger charge is -2.31. The van der Waals surface area contributed by atoms with Gasteiger partial charge in [0.1, 0.15) is 0 Å². The standard InChI is InChI=1S/C21H28N2O4/c1-2-22(14-16-6-4-3-5-7-16)19(24)15-27-21(26)18-10-12-23(13-11-18)20(25)17-8-9-17/h3-7,17-18H,2,8-15H2,1H3. The average molecular weight is 372 g/mol. The van der Waals surface area contributed by atoms with E-state index in [1.54, 1.807) is 4.90 Å². The molecule has 27 heavy (non-hydrogen) atoms. The fourth-order valence-electron chi connectivity index (χ4n) is 3.45. The van der Waals surface area contributed by atoms with Crippen molar-refractivity contribution in [2.75, 3.05) is 26.2 Å². The fourth-order valence-corrected chi connectivity index (χ4v) is 3.45. The molecule has 1 aliphatic heterocycles. The van der Waals surface area contributed by atoms with Crippen molar-refractivity contribution >= 4 is 17.8 Å². The molecule has 1 saturated carbocycles. The fraction of sp³-hybridized carbons (Fsp3) is 0.571. The van der Waals surface area contributed by atoms with Gasteiger partial charge in [-0.3, -0.25) is 14.4 Å². The number of rotatable bonds is 7. The summed E-state index contributed by atoms with van der Waals surface area (Å²) in [7, 11) is 0. The van der Waals surface area contributed by atoms with Gasteiger partial charge in [0.25, 0.3) is 5.91 Å². The molecule has 6 nitrogen and oxygen atoms in total. The van der Waals surface area contributed by atoms with Crippen molar-refractivity contribution in [2.24, 2.45) is 11.8 Å². The highest BCUT2D eigenvalue weighted by atomic mass is 16.5. The third-order valence-electron chi connectivity index (χ3n) is 5.36. The van der Waals surface area contributed by atoms with Crippen molar-refractivity contribution < 1.29 is 19.1 Å². The molecular formula is C21H28N2O4. The van der Waals surface area contributed by atoms with Gasteiger partial charge in [-0.2, -0.15) is 0 Å². The number of nitrogens with zero attached hydrogens (tertiary/aromatic N) is 2. The highest BCUT2D eigenvalue weighted by Gasteiger charge is 2.36. The van der Waals surface area contributed by atoms with Gasteiger partial charge in [-0.15, -0.1) is 0 Å². The Bertz CT molecular complexity index is 664. The Morgan fingerprint density at radius 3 is 2.30 bits per heavy atom. The first-order chi connectivity index (χ1) is 13.1. The van der Waals surface area contributed by atoms with E-state index < -0.39 is 0 Å². The van der Waals surface area contributed by atoms with Crippen LogP contribution < -0.4 is 0 Å². The monoisotopic (exact) mass is 372 g/mol. The van der Waals surface area contributed by atoms with Crippen molar-refractivity contribution in [2.45, 2.75) is 39.2 Å². The average Bonchev–Trinajstić information content (AvgIpc) is 3.55. The molecular weight excluding hydrogens is 344 g/mol. The molecule has 6 heteroatoms. The lowest BCUT2D eigenvalue weighted by Crippen LogP contribution is -2.42. The van der Waals surface area contributed by atoms with Gasteiger partial charge >= 0.3 is 5.97 Å². The number of carbonyl (C=O) groups excluding carboxylic acids is 3. The number of likely N-dealkylation sites (N-methyl/N-ethyl adjacent to an activating group) is 1. The second-order valence-electron chi connectivity index (χ2n) is 7.38. The predicted octanol–water partition coefficient (Wildman–Crippen LogP) is 2.23. The van der Waals surface area contributed by atoms with Crippen LogP contribution in [0.3, 0.4) is 0 Å². The van der Waals surface area contributed by atoms with Gasteiger partial charge < -0.3 is 14.5 Å². The summed E-state index contributed by atoms with van der Waals surface area (Å²) in [6, 6.07) is 9.76. The molecule has 0 unspecified atom stereocenters. The molecule has 2 fully saturated rings. The summed E-state index contributed by atoms with van der Waals surface area (Å²) in [5, 5.41) is 0. The zero-order chi connectivity index (χ0) is 19.2. The SMILES string of the molecule is CCN(Cc1ccccc1)C(=O)COC(=O)C1CCN(C(=O)C2CC2)CC1. The van der Waals surface area contributed by atoms with E-state index in [1.807, 2.05) is 42.2 Å². The molecule has 1 aromatic rings. The van der Waals surface area contributed by atoms with Gasteiger partial charge in [0.15, 0.2) is 6.61 Å². The molecule has 0 N–H and O–H groups in total. The minimum Gasteiger partial charge on any atom is -0.455 e. The summed E-state index contributed by atoms with van der Waals surface area (Å²) >= 11 is 0. The van der Waals surface area contributed by atoms with Crippen molar-refractivity contribution in [1.82, 2.24) is 9.80 Å². The summed E-state index contributed by atoms with van der Waals surface area (Å²) in [5.74, 6) is -0.272. The molecule has 2 aliphatic rings.